The van der Waals surface area contributed by atoms with Crippen molar-refractivity contribution in [1.29, 1.82) is 0 Å². The molecule has 1 saturated heterocycles. The lowest BCUT2D eigenvalue weighted by atomic mass is 10.1. The third-order valence-corrected chi connectivity index (χ3v) is 3.90. The largest absolute Gasteiger partial charge is 0.481 e. The van der Waals surface area contributed by atoms with Gasteiger partial charge in [-0.1, -0.05) is 19.1 Å². The van der Waals surface area contributed by atoms with Crippen molar-refractivity contribution in [3.05, 3.63) is 29.8 Å². The average Bonchev–Trinajstić information content (AvgIpc) is 2.41. The normalized spacial score (nSPS) is 20.5. The molecule has 0 spiro atoms. The Kier molecular flexibility index (Phi) is 4.43. The van der Waals surface area contributed by atoms with Crippen LogP contribution >= 0.6 is 0 Å². The van der Waals surface area contributed by atoms with Crippen LogP contribution in [0, 0.1) is 0 Å². The SMILES string of the molecule is CCc1ccc(N2CCN(C)C(CC(=O)O)C2)cc1. The summed E-state index contributed by atoms with van der Waals surface area (Å²) in [6.07, 6.45) is 1.25. The van der Waals surface area contributed by atoms with Gasteiger partial charge in [-0.05, 0) is 31.2 Å². The summed E-state index contributed by atoms with van der Waals surface area (Å²) in [7, 11) is 2.01. The summed E-state index contributed by atoms with van der Waals surface area (Å²) in [6, 6.07) is 8.68. The van der Waals surface area contributed by atoms with E-state index in [4.69, 9.17) is 5.11 Å². The van der Waals surface area contributed by atoms with Crippen LogP contribution in [0.5, 0.6) is 0 Å². The standard InChI is InChI=1S/C15H22N2O2/c1-3-12-4-6-13(7-5-12)17-9-8-16(2)14(11-17)10-15(18)19/h4-7,14H,3,8-11H2,1-2H3,(H,18,19). The van der Waals surface area contributed by atoms with Gasteiger partial charge in [0.05, 0.1) is 6.42 Å². The van der Waals surface area contributed by atoms with E-state index in [1.54, 1.807) is 0 Å². The van der Waals surface area contributed by atoms with Crippen LogP contribution < -0.4 is 4.90 Å². The number of rotatable bonds is 4. The van der Waals surface area contributed by atoms with E-state index in [0.29, 0.717) is 0 Å². The van der Waals surface area contributed by atoms with Crippen molar-refractivity contribution in [3.63, 3.8) is 0 Å². The average molecular weight is 262 g/mol. The van der Waals surface area contributed by atoms with Gasteiger partial charge in [-0.15, -0.1) is 0 Å². The van der Waals surface area contributed by atoms with Crippen LogP contribution in [0.25, 0.3) is 0 Å². The van der Waals surface area contributed by atoms with E-state index in [1.165, 1.54) is 11.3 Å². The fourth-order valence-electron chi connectivity index (χ4n) is 2.55. The first-order chi connectivity index (χ1) is 9.10. The predicted octanol–water partition coefficient (Wildman–Crippen LogP) is 1.84. The molecule has 1 fully saturated rings. The molecule has 0 amide bonds. The molecule has 1 aromatic carbocycles. The van der Waals surface area contributed by atoms with Crippen LogP contribution in [0.4, 0.5) is 5.69 Å². The number of carboxylic acids is 1. The van der Waals surface area contributed by atoms with Crippen LogP contribution in [0.15, 0.2) is 24.3 Å². The van der Waals surface area contributed by atoms with Crippen LogP contribution in [0.3, 0.4) is 0 Å². The molecule has 0 bridgehead atoms. The maximum atomic E-state index is 10.9. The number of hydrogen-bond acceptors (Lipinski definition) is 3. The molecule has 1 aromatic rings. The second-order valence-corrected chi connectivity index (χ2v) is 5.20. The minimum atomic E-state index is -0.722. The van der Waals surface area contributed by atoms with Crippen molar-refractivity contribution in [2.24, 2.45) is 0 Å². The molecule has 104 valence electrons. The number of nitrogens with zero attached hydrogens (tertiary/aromatic N) is 2. The Balaban J connectivity index is 2.05. The van der Waals surface area contributed by atoms with E-state index >= 15 is 0 Å². The number of hydrogen-bond donors (Lipinski definition) is 1. The Labute approximate surface area is 114 Å². The van der Waals surface area contributed by atoms with Crippen LogP contribution in [-0.4, -0.2) is 48.7 Å². The molecule has 1 N–H and O–H groups in total. The molecule has 2 rings (SSSR count). The number of carboxylic acid groups (broad SMARTS) is 1. The first-order valence-corrected chi connectivity index (χ1v) is 6.86. The van der Waals surface area contributed by atoms with Gasteiger partial charge in [0.2, 0.25) is 0 Å². The second kappa shape index (κ2) is 6.06. The maximum absolute atomic E-state index is 10.9. The van der Waals surface area contributed by atoms with Crippen LogP contribution in [0.2, 0.25) is 0 Å². The zero-order valence-electron chi connectivity index (χ0n) is 11.7. The lowest BCUT2D eigenvalue weighted by Crippen LogP contribution is -2.52. The van der Waals surface area contributed by atoms with Crippen molar-refractivity contribution in [1.82, 2.24) is 4.90 Å². The summed E-state index contributed by atoms with van der Waals surface area (Å²) in [5.41, 5.74) is 2.53. The monoisotopic (exact) mass is 262 g/mol. The molecule has 0 aliphatic carbocycles. The lowest BCUT2D eigenvalue weighted by molar-refractivity contribution is -0.138. The van der Waals surface area contributed by atoms with E-state index in [0.717, 1.165) is 26.1 Å². The van der Waals surface area contributed by atoms with Gasteiger partial charge in [0.15, 0.2) is 0 Å². The van der Waals surface area contributed by atoms with Gasteiger partial charge in [-0.2, -0.15) is 0 Å². The third kappa shape index (κ3) is 3.47. The van der Waals surface area contributed by atoms with Crippen molar-refractivity contribution >= 4 is 11.7 Å². The number of carbonyl (C=O) groups is 1. The highest BCUT2D eigenvalue weighted by Gasteiger charge is 2.26. The summed E-state index contributed by atoms with van der Waals surface area (Å²) in [5, 5.41) is 8.96. The van der Waals surface area contributed by atoms with E-state index in [-0.39, 0.29) is 12.5 Å². The number of piperazine rings is 1. The zero-order valence-corrected chi connectivity index (χ0v) is 11.7. The highest BCUT2D eigenvalue weighted by molar-refractivity contribution is 5.67. The Bertz CT molecular complexity index is 430. The molecule has 0 aromatic heterocycles. The van der Waals surface area contributed by atoms with Gasteiger partial charge in [0.25, 0.3) is 0 Å². The number of likely N-dealkylation sites (N-methyl/N-ethyl adjacent to an activating group) is 1. The molecule has 19 heavy (non-hydrogen) atoms. The minimum Gasteiger partial charge on any atom is -0.481 e. The number of aliphatic carboxylic acids is 1. The number of anilines is 1. The van der Waals surface area contributed by atoms with Crippen LogP contribution in [0.1, 0.15) is 18.9 Å². The van der Waals surface area contributed by atoms with Gasteiger partial charge in [-0.25, -0.2) is 0 Å². The maximum Gasteiger partial charge on any atom is 0.305 e. The minimum absolute atomic E-state index is 0.0945. The van der Waals surface area contributed by atoms with Crippen LogP contribution in [-0.2, 0) is 11.2 Å². The molecule has 0 saturated carbocycles. The smallest absolute Gasteiger partial charge is 0.305 e. The molecular weight excluding hydrogens is 240 g/mol. The molecule has 4 heteroatoms. The van der Waals surface area contributed by atoms with Gasteiger partial charge < -0.3 is 10.0 Å². The Morgan fingerprint density at radius 2 is 2.00 bits per heavy atom. The summed E-state index contributed by atoms with van der Waals surface area (Å²) < 4.78 is 0. The van der Waals surface area contributed by atoms with Crippen molar-refractivity contribution in [2.45, 2.75) is 25.8 Å². The molecular formula is C15H22N2O2. The highest BCUT2D eigenvalue weighted by Crippen LogP contribution is 2.20. The third-order valence-electron chi connectivity index (χ3n) is 3.90. The van der Waals surface area contributed by atoms with E-state index in [9.17, 15) is 4.79 Å². The predicted molar refractivity (Wildman–Crippen MR) is 76.7 cm³/mol. The molecule has 1 heterocycles. The second-order valence-electron chi connectivity index (χ2n) is 5.20. The van der Waals surface area contributed by atoms with E-state index in [1.807, 2.05) is 7.05 Å². The molecule has 0 radical (unpaired) electrons. The molecule has 4 nitrogen and oxygen atoms in total. The van der Waals surface area contributed by atoms with Gasteiger partial charge in [0, 0.05) is 31.4 Å². The summed E-state index contributed by atoms with van der Waals surface area (Å²) in [5.74, 6) is -0.722. The van der Waals surface area contributed by atoms with Gasteiger partial charge in [0.1, 0.15) is 0 Å². The molecule has 1 unspecified atom stereocenters. The van der Waals surface area contributed by atoms with E-state index < -0.39 is 5.97 Å². The van der Waals surface area contributed by atoms with Crippen molar-refractivity contribution < 1.29 is 9.90 Å². The fourth-order valence-corrected chi connectivity index (χ4v) is 2.55. The Morgan fingerprint density at radius 1 is 1.32 bits per heavy atom. The Morgan fingerprint density at radius 3 is 2.58 bits per heavy atom. The summed E-state index contributed by atoms with van der Waals surface area (Å²) in [6.45, 7) is 4.80. The fraction of sp³-hybridized carbons (Fsp3) is 0.533. The number of benzene rings is 1. The van der Waals surface area contributed by atoms with Crippen molar-refractivity contribution in [2.75, 3.05) is 31.6 Å². The highest BCUT2D eigenvalue weighted by atomic mass is 16.4. The summed E-state index contributed by atoms with van der Waals surface area (Å²) >= 11 is 0. The molecule has 1 aliphatic heterocycles. The molecule has 1 aliphatic rings. The molecule has 1 atom stereocenters. The topological polar surface area (TPSA) is 43.8 Å². The Hall–Kier alpha value is -1.55. The first kappa shape index (κ1) is 13.9. The van der Waals surface area contributed by atoms with E-state index in [2.05, 4.69) is 41.0 Å². The van der Waals surface area contributed by atoms with Crippen molar-refractivity contribution in [3.8, 4) is 0 Å². The zero-order chi connectivity index (χ0) is 13.8. The lowest BCUT2D eigenvalue weighted by Gasteiger charge is -2.40. The van der Waals surface area contributed by atoms with Gasteiger partial charge in [-0.3, -0.25) is 9.69 Å². The summed E-state index contributed by atoms with van der Waals surface area (Å²) in [4.78, 5) is 15.3. The first-order valence-electron chi connectivity index (χ1n) is 6.86. The number of aryl methyl sites for hydroxylation is 1. The van der Waals surface area contributed by atoms with Gasteiger partial charge >= 0.3 is 5.97 Å². The quantitative estimate of drug-likeness (QED) is 0.899.